The Kier molecular flexibility index (Phi) is 6.91. The summed E-state index contributed by atoms with van der Waals surface area (Å²) in [6, 6.07) is 21.1. The van der Waals surface area contributed by atoms with Crippen molar-refractivity contribution in [3.8, 4) is 5.75 Å². The van der Waals surface area contributed by atoms with Gasteiger partial charge in [-0.2, -0.15) is 0 Å². The minimum absolute atomic E-state index is 0.117. The summed E-state index contributed by atoms with van der Waals surface area (Å²) in [4.78, 5) is 12.5. The Balaban J connectivity index is 1.67. The lowest BCUT2D eigenvalue weighted by Crippen LogP contribution is -2.19. The fraction of sp³-hybridized carbons (Fsp3) is 0.208. The van der Waals surface area contributed by atoms with Crippen LogP contribution in [0, 0.1) is 6.92 Å². The van der Waals surface area contributed by atoms with Crippen molar-refractivity contribution >= 4 is 23.2 Å². The number of hydrogen-bond donors (Lipinski definition) is 2. The predicted octanol–water partition coefficient (Wildman–Crippen LogP) is 5.76. The maximum absolute atomic E-state index is 12.5. The summed E-state index contributed by atoms with van der Waals surface area (Å²) in [6.07, 6.45) is 0. The molecular weight excluding hydrogens is 384 g/mol. The molecule has 4 nitrogen and oxygen atoms in total. The van der Waals surface area contributed by atoms with Crippen molar-refractivity contribution in [1.29, 1.82) is 0 Å². The largest absolute Gasteiger partial charge is 0.496 e. The zero-order valence-electron chi connectivity index (χ0n) is 16.8. The number of hydrogen-bond acceptors (Lipinski definition) is 3. The van der Waals surface area contributed by atoms with Crippen molar-refractivity contribution in [2.45, 2.75) is 26.4 Å². The first kappa shape index (κ1) is 20.9. The van der Waals surface area contributed by atoms with E-state index in [1.165, 1.54) is 5.56 Å². The third kappa shape index (κ3) is 5.37. The van der Waals surface area contributed by atoms with E-state index in [1.54, 1.807) is 31.4 Å². The Bertz CT molecular complexity index is 1000. The van der Waals surface area contributed by atoms with Gasteiger partial charge in [0.05, 0.1) is 17.7 Å². The molecule has 3 rings (SSSR count). The number of nitrogens with one attached hydrogen (secondary N) is 2. The van der Waals surface area contributed by atoms with Gasteiger partial charge >= 0.3 is 0 Å². The standard InChI is InChI=1S/C24H25ClN2O2/c1-16-11-12-23(29-3)21(13-16)17(2)26-15-18-7-6-8-19(14-18)27-24(28)20-9-4-5-10-22(20)25/h4-14,17,26H,15H2,1-3H3,(H,27,28). The molecule has 0 aliphatic carbocycles. The highest BCUT2D eigenvalue weighted by Gasteiger charge is 2.12. The van der Waals surface area contributed by atoms with E-state index in [0.717, 1.165) is 22.6 Å². The van der Waals surface area contributed by atoms with Gasteiger partial charge < -0.3 is 15.4 Å². The highest BCUT2D eigenvalue weighted by Crippen LogP contribution is 2.26. The van der Waals surface area contributed by atoms with Gasteiger partial charge in [0.25, 0.3) is 5.91 Å². The third-order valence-corrected chi connectivity index (χ3v) is 5.10. The van der Waals surface area contributed by atoms with Gasteiger partial charge in [-0.1, -0.05) is 53.6 Å². The lowest BCUT2D eigenvalue weighted by Gasteiger charge is -2.18. The Morgan fingerprint density at radius 3 is 2.62 bits per heavy atom. The molecule has 3 aromatic carbocycles. The van der Waals surface area contributed by atoms with Crippen LogP contribution in [-0.2, 0) is 6.54 Å². The van der Waals surface area contributed by atoms with Crippen LogP contribution in [0.5, 0.6) is 5.75 Å². The van der Waals surface area contributed by atoms with Gasteiger partial charge in [0.15, 0.2) is 0 Å². The van der Waals surface area contributed by atoms with Crippen LogP contribution in [0.15, 0.2) is 66.7 Å². The van der Waals surface area contributed by atoms with Gasteiger partial charge in [-0.25, -0.2) is 0 Å². The van der Waals surface area contributed by atoms with Crippen LogP contribution >= 0.6 is 11.6 Å². The number of halogens is 1. The van der Waals surface area contributed by atoms with Crippen molar-refractivity contribution in [2.24, 2.45) is 0 Å². The molecule has 0 heterocycles. The molecule has 1 amide bonds. The smallest absolute Gasteiger partial charge is 0.257 e. The van der Waals surface area contributed by atoms with Gasteiger partial charge in [-0.15, -0.1) is 0 Å². The number of carbonyl (C=O) groups is 1. The van der Waals surface area contributed by atoms with Crippen LogP contribution in [0.1, 0.15) is 40.0 Å². The fourth-order valence-corrected chi connectivity index (χ4v) is 3.40. The van der Waals surface area contributed by atoms with Gasteiger partial charge in [0, 0.05) is 23.8 Å². The molecule has 0 radical (unpaired) electrons. The van der Waals surface area contributed by atoms with Crippen molar-refractivity contribution in [2.75, 3.05) is 12.4 Å². The second-order valence-electron chi connectivity index (χ2n) is 6.98. The fourth-order valence-electron chi connectivity index (χ4n) is 3.18. The number of carbonyl (C=O) groups excluding carboxylic acids is 1. The molecule has 0 spiro atoms. The summed E-state index contributed by atoms with van der Waals surface area (Å²) < 4.78 is 5.49. The van der Waals surface area contributed by atoms with E-state index in [9.17, 15) is 4.79 Å². The topological polar surface area (TPSA) is 50.4 Å². The molecule has 150 valence electrons. The number of rotatable bonds is 7. The molecule has 5 heteroatoms. The van der Waals surface area contributed by atoms with E-state index in [1.807, 2.05) is 36.4 Å². The van der Waals surface area contributed by atoms with Crippen molar-refractivity contribution in [3.05, 3.63) is 94.0 Å². The maximum atomic E-state index is 12.5. The summed E-state index contributed by atoms with van der Waals surface area (Å²) in [5.41, 5.74) is 4.57. The number of amides is 1. The lowest BCUT2D eigenvalue weighted by molar-refractivity contribution is 0.102. The highest BCUT2D eigenvalue weighted by molar-refractivity contribution is 6.34. The second kappa shape index (κ2) is 9.59. The van der Waals surface area contributed by atoms with Crippen LogP contribution in [-0.4, -0.2) is 13.0 Å². The maximum Gasteiger partial charge on any atom is 0.257 e. The monoisotopic (exact) mass is 408 g/mol. The normalized spacial score (nSPS) is 11.7. The van der Waals surface area contributed by atoms with Gasteiger partial charge in [0.2, 0.25) is 0 Å². The molecule has 3 aromatic rings. The molecule has 0 aliphatic rings. The van der Waals surface area contributed by atoms with E-state index in [-0.39, 0.29) is 11.9 Å². The van der Waals surface area contributed by atoms with E-state index >= 15 is 0 Å². The highest BCUT2D eigenvalue weighted by atomic mass is 35.5. The number of benzene rings is 3. The van der Waals surface area contributed by atoms with Gasteiger partial charge in [-0.3, -0.25) is 4.79 Å². The van der Waals surface area contributed by atoms with Crippen molar-refractivity contribution in [1.82, 2.24) is 5.32 Å². The first-order valence-electron chi connectivity index (χ1n) is 9.50. The van der Waals surface area contributed by atoms with Crippen LogP contribution in [0.2, 0.25) is 5.02 Å². The van der Waals surface area contributed by atoms with E-state index in [2.05, 4.69) is 30.5 Å². The zero-order valence-corrected chi connectivity index (χ0v) is 17.6. The molecule has 0 saturated carbocycles. The molecule has 2 N–H and O–H groups in total. The molecule has 0 saturated heterocycles. The van der Waals surface area contributed by atoms with Crippen LogP contribution in [0.4, 0.5) is 5.69 Å². The summed E-state index contributed by atoms with van der Waals surface area (Å²) in [5.74, 6) is 0.648. The Morgan fingerprint density at radius 2 is 1.86 bits per heavy atom. The number of methoxy groups -OCH3 is 1. The Hall–Kier alpha value is -2.82. The summed E-state index contributed by atoms with van der Waals surface area (Å²) in [6.45, 7) is 4.84. The first-order chi connectivity index (χ1) is 14.0. The number of aryl methyl sites for hydroxylation is 1. The van der Waals surface area contributed by atoms with E-state index < -0.39 is 0 Å². The molecule has 1 atom stereocenters. The van der Waals surface area contributed by atoms with Crippen LogP contribution in [0.3, 0.4) is 0 Å². The van der Waals surface area contributed by atoms with Gasteiger partial charge in [0.1, 0.15) is 5.75 Å². The molecule has 1 unspecified atom stereocenters. The van der Waals surface area contributed by atoms with Crippen LogP contribution < -0.4 is 15.4 Å². The predicted molar refractivity (Wildman–Crippen MR) is 119 cm³/mol. The minimum atomic E-state index is -0.224. The van der Waals surface area contributed by atoms with Crippen LogP contribution in [0.25, 0.3) is 0 Å². The molecule has 29 heavy (non-hydrogen) atoms. The molecule has 0 aliphatic heterocycles. The van der Waals surface area contributed by atoms with Crippen molar-refractivity contribution in [3.63, 3.8) is 0 Å². The summed E-state index contributed by atoms with van der Waals surface area (Å²) in [7, 11) is 1.69. The Labute approximate surface area is 176 Å². The zero-order chi connectivity index (χ0) is 20.8. The SMILES string of the molecule is COc1ccc(C)cc1C(C)NCc1cccc(NC(=O)c2ccccc2Cl)c1. The second-order valence-corrected chi connectivity index (χ2v) is 7.39. The average molecular weight is 409 g/mol. The first-order valence-corrected chi connectivity index (χ1v) is 9.88. The number of ether oxygens (including phenoxy) is 1. The minimum Gasteiger partial charge on any atom is -0.496 e. The number of anilines is 1. The summed E-state index contributed by atoms with van der Waals surface area (Å²) in [5, 5.41) is 6.87. The molecule has 0 aromatic heterocycles. The van der Waals surface area contributed by atoms with Gasteiger partial charge in [-0.05, 0) is 49.7 Å². The van der Waals surface area contributed by atoms with Crippen molar-refractivity contribution < 1.29 is 9.53 Å². The quantitative estimate of drug-likeness (QED) is 0.522. The third-order valence-electron chi connectivity index (χ3n) is 4.77. The van der Waals surface area contributed by atoms with E-state index in [0.29, 0.717) is 17.1 Å². The lowest BCUT2D eigenvalue weighted by atomic mass is 10.0. The molecule has 0 bridgehead atoms. The van der Waals surface area contributed by atoms with E-state index in [4.69, 9.17) is 16.3 Å². The molecular formula is C24H25ClN2O2. The average Bonchev–Trinajstić information content (AvgIpc) is 2.72. The summed E-state index contributed by atoms with van der Waals surface area (Å²) >= 11 is 6.11. The molecule has 0 fully saturated rings. The Morgan fingerprint density at radius 1 is 1.07 bits per heavy atom.